The zero-order valence-corrected chi connectivity index (χ0v) is 14.2. The van der Waals surface area contributed by atoms with Gasteiger partial charge >= 0.3 is 0 Å². The van der Waals surface area contributed by atoms with E-state index in [1.54, 1.807) is 12.1 Å². The highest BCUT2D eigenvalue weighted by Gasteiger charge is 2.36. The summed E-state index contributed by atoms with van der Waals surface area (Å²) in [5.41, 5.74) is 1.05. The molecule has 0 heterocycles. The van der Waals surface area contributed by atoms with Gasteiger partial charge in [-0.05, 0) is 58.1 Å². The Morgan fingerprint density at radius 3 is 2.29 bits per heavy atom. The quantitative estimate of drug-likeness (QED) is 0.798. The Balaban J connectivity index is 3.03. The molecule has 1 aromatic rings. The predicted molar refractivity (Wildman–Crippen MR) is 86.5 cm³/mol. The Labute approximate surface area is 128 Å². The summed E-state index contributed by atoms with van der Waals surface area (Å²) < 4.78 is 18.8. The topological polar surface area (TPSA) is 24.5 Å². The van der Waals surface area contributed by atoms with Crippen LogP contribution in [0.2, 0.25) is 0 Å². The first kappa shape index (κ1) is 17.9. The van der Waals surface area contributed by atoms with Gasteiger partial charge < -0.3 is 15.0 Å². The maximum Gasteiger partial charge on any atom is 0.165 e. The lowest BCUT2D eigenvalue weighted by Gasteiger charge is -2.45. The molecule has 1 unspecified atom stereocenters. The van der Waals surface area contributed by atoms with Gasteiger partial charge in [-0.2, -0.15) is 0 Å². The maximum atomic E-state index is 13.9. The smallest absolute Gasteiger partial charge is 0.165 e. The number of benzene rings is 1. The Kier molecular flexibility index (Phi) is 6.62. The van der Waals surface area contributed by atoms with E-state index in [0.717, 1.165) is 24.8 Å². The minimum Gasteiger partial charge on any atom is -0.494 e. The van der Waals surface area contributed by atoms with Crippen LogP contribution in [0, 0.1) is 5.82 Å². The van der Waals surface area contributed by atoms with E-state index in [1.807, 2.05) is 13.1 Å². The molecule has 1 N–H and O–H groups in total. The summed E-state index contributed by atoms with van der Waals surface area (Å²) in [7, 11) is 7.70. The van der Waals surface area contributed by atoms with Crippen LogP contribution in [0.25, 0.3) is 0 Å². The van der Waals surface area contributed by atoms with Crippen LogP contribution in [0.4, 0.5) is 4.39 Å². The molecule has 1 rings (SSSR count). The van der Waals surface area contributed by atoms with Crippen LogP contribution in [-0.4, -0.2) is 44.7 Å². The van der Waals surface area contributed by atoms with Crippen LogP contribution in [0.5, 0.6) is 5.75 Å². The molecular formula is C17H29FN2O. The molecule has 0 saturated carbocycles. The van der Waals surface area contributed by atoms with E-state index in [-0.39, 0.29) is 17.4 Å². The molecule has 0 fully saturated rings. The molecule has 0 spiro atoms. The number of nitrogens with one attached hydrogen (secondary N) is 1. The van der Waals surface area contributed by atoms with Crippen LogP contribution in [0.1, 0.15) is 32.3 Å². The zero-order chi connectivity index (χ0) is 16.0. The second-order valence-corrected chi connectivity index (χ2v) is 5.72. The van der Waals surface area contributed by atoms with Crippen LogP contribution in [0.15, 0.2) is 18.2 Å². The van der Waals surface area contributed by atoms with Crippen molar-refractivity contribution in [2.45, 2.75) is 44.7 Å². The van der Waals surface area contributed by atoms with Gasteiger partial charge in [0.15, 0.2) is 11.6 Å². The highest BCUT2D eigenvalue weighted by molar-refractivity contribution is 5.30. The molecule has 4 heteroatoms. The van der Waals surface area contributed by atoms with Crippen molar-refractivity contribution < 1.29 is 9.13 Å². The van der Waals surface area contributed by atoms with Gasteiger partial charge in [0.05, 0.1) is 7.11 Å². The molecule has 0 aromatic heterocycles. The average molecular weight is 296 g/mol. The molecule has 0 aliphatic rings. The Morgan fingerprint density at radius 2 is 1.90 bits per heavy atom. The number of likely N-dealkylation sites (N-methyl/N-ethyl adjacent to an activating group) is 2. The van der Waals surface area contributed by atoms with E-state index >= 15 is 0 Å². The summed E-state index contributed by atoms with van der Waals surface area (Å²) in [6.07, 6.45) is 2.87. The molecule has 0 saturated heterocycles. The van der Waals surface area contributed by atoms with Crippen LogP contribution in [-0.2, 0) is 6.42 Å². The number of rotatable bonds is 8. The normalized spacial score (nSPS) is 13.5. The Hall–Kier alpha value is -1.13. The van der Waals surface area contributed by atoms with Crippen molar-refractivity contribution in [1.29, 1.82) is 0 Å². The summed E-state index contributed by atoms with van der Waals surface area (Å²) in [6.45, 7) is 4.42. The van der Waals surface area contributed by atoms with Crippen molar-refractivity contribution in [3.8, 4) is 5.75 Å². The van der Waals surface area contributed by atoms with Crippen LogP contribution < -0.4 is 10.1 Å². The molecule has 1 atom stereocenters. The highest BCUT2D eigenvalue weighted by atomic mass is 19.1. The third kappa shape index (κ3) is 3.74. The molecule has 1 aromatic carbocycles. The molecule has 0 aliphatic carbocycles. The van der Waals surface area contributed by atoms with Crippen molar-refractivity contribution in [2.24, 2.45) is 0 Å². The third-order valence-corrected chi connectivity index (χ3v) is 4.77. The number of methoxy groups -OCH3 is 1. The lowest BCUT2D eigenvalue weighted by molar-refractivity contribution is 0.0917. The predicted octanol–water partition coefficient (Wildman–Crippen LogP) is 3.09. The Morgan fingerprint density at radius 1 is 1.29 bits per heavy atom. The van der Waals surface area contributed by atoms with Crippen molar-refractivity contribution >= 4 is 0 Å². The van der Waals surface area contributed by atoms with E-state index in [1.165, 1.54) is 7.11 Å². The highest BCUT2D eigenvalue weighted by Crippen LogP contribution is 2.29. The fourth-order valence-electron chi connectivity index (χ4n) is 3.32. The molecule has 0 aliphatic heterocycles. The zero-order valence-electron chi connectivity index (χ0n) is 14.2. The first-order valence-electron chi connectivity index (χ1n) is 7.62. The fraction of sp³-hybridized carbons (Fsp3) is 0.647. The maximum absolute atomic E-state index is 13.9. The van der Waals surface area contributed by atoms with Crippen LogP contribution >= 0.6 is 0 Å². The van der Waals surface area contributed by atoms with E-state index in [4.69, 9.17) is 4.74 Å². The molecular weight excluding hydrogens is 267 g/mol. The van der Waals surface area contributed by atoms with Gasteiger partial charge in [-0.15, -0.1) is 0 Å². The van der Waals surface area contributed by atoms with E-state index < -0.39 is 0 Å². The Bertz CT molecular complexity index is 444. The summed E-state index contributed by atoms with van der Waals surface area (Å²) in [5.74, 6) is -0.00193. The monoisotopic (exact) mass is 296 g/mol. The van der Waals surface area contributed by atoms with E-state index in [0.29, 0.717) is 5.75 Å². The third-order valence-electron chi connectivity index (χ3n) is 4.77. The average Bonchev–Trinajstić information content (AvgIpc) is 2.47. The summed E-state index contributed by atoms with van der Waals surface area (Å²) >= 11 is 0. The van der Waals surface area contributed by atoms with Crippen molar-refractivity contribution in [3.05, 3.63) is 29.6 Å². The first-order valence-corrected chi connectivity index (χ1v) is 7.62. The van der Waals surface area contributed by atoms with Crippen LogP contribution in [0.3, 0.4) is 0 Å². The molecule has 120 valence electrons. The standard InChI is InChI=1S/C17H29FN2O/c1-7-17(8-2,20(4)5)16(19-3)12-13-9-10-15(21-6)14(18)11-13/h9-11,16,19H,7-8,12H2,1-6H3. The lowest BCUT2D eigenvalue weighted by atomic mass is 9.80. The second-order valence-electron chi connectivity index (χ2n) is 5.72. The van der Waals surface area contributed by atoms with Crippen molar-refractivity contribution in [1.82, 2.24) is 10.2 Å². The van der Waals surface area contributed by atoms with Gasteiger partial charge in [0, 0.05) is 11.6 Å². The van der Waals surface area contributed by atoms with Gasteiger partial charge in [-0.1, -0.05) is 19.9 Å². The summed E-state index contributed by atoms with van der Waals surface area (Å²) in [6, 6.07) is 5.48. The van der Waals surface area contributed by atoms with Gasteiger partial charge in [0.1, 0.15) is 0 Å². The number of halogens is 1. The largest absolute Gasteiger partial charge is 0.494 e. The molecule has 3 nitrogen and oxygen atoms in total. The second kappa shape index (κ2) is 7.76. The fourth-order valence-corrected chi connectivity index (χ4v) is 3.32. The molecule has 21 heavy (non-hydrogen) atoms. The SMILES string of the molecule is CCC(CC)(C(Cc1ccc(OC)c(F)c1)NC)N(C)C. The molecule has 0 bridgehead atoms. The van der Waals surface area contributed by atoms with Crippen molar-refractivity contribution in [2.75, 3.05) is 28.3 Å². The minimum absolute atomic E-state index is 0.0607. The van der Waals surface area contributed by atoms with Gasteiger partial charge in [0.25, 0.3) is 0 Å². The number of ether oxygens (including phenoxy) is 1. The van der Waals surface area contributed by atoms with E-state index in [9.17, 15) is 4.39 Å². The van der Waals surface area contributed by atoms with E-state index in [2.05, 4.69) is 38.2 Å². The summed E-state index contributed by atoms with van der Waals surface area (Å²) in [4.78, 5) is 2.29. The van der Waals surface area contributed by atoms with Gasteiger partial charge in [0.2, 0.25) is 0 Å². The number of hydrogen-bond acceptors (Lipinski definition) is 3. The lowest BCUT2D eigenvalue weighted by Crippen LogP contribution is -2.58. The molecule has 0 amide bonds. The van der Waals surface area contributed by atoms with Gasteiger partial charge in [-0.3, -0.25) is 0 Å². The summed E-state index contributed by atoms with van der Waals surface area (Å²) in [5, 5.41) is 3.43. The number of hydrogen-bond donors (Lipinski definition) is 1. The van der Waals surface area contributed by atoms with Gasteiger partial charge in [-0.25, -0.2) is 4.39 Å². The van der Waals surface area contributed by atoms with Crippen molar-refractivity contribution in [3.63, 3.8) is 0 Å². The molecule has 0 radical (unpaired) electrons. The number of nitrogens with zero attached hydrogens (tertiary/aromatic N) is 1. The first-order chi connectivity index (χ1) is 9.94. The minimum atomic E-state index is -0.298.